The number of aliphatic hydroxyl groups is 1. The molecule has 0 bridgehead atoms. The van der Waals surface area contributed by atoms with Crippen LogP contribution in [0.4, 0.5) is 0 Å². The van der Waals surface area contributed by atoms with Crippen molar-refractivity contribution >= 4 is 0 Å². The third-order valence-corrected chi connectivity index (χ3v) is 3.89. The molecular weight excluding hydrogens is 238 g/mol. The normalized spacial score (nSPS) is 24.7. The minimum absolute atomic E-state index is 0.0819. The van der Waals surface area contributed by atoms with Crippen LogP contribution >= 0.6 is 0 Å². The van der Waals surface area contributed by atoms with Crippen molar-refractivity contribution in [2.75, 3.05) is 0 Å². The molecule has 1 saturated carbocycles. The second kappa shape index (κ2) is 5.63. The maximum absolute atomic E-state index is 9.53. The second-order valence-electron chi connectivity index (χ2n) is 6.81. The van der Waals surface area contributed by atoms with E-state index in [0.29, 0.717) is 6.04 Å². The zero-order chi connectivity index (χ0) is 14.0. The van der Waals surface area contributed by atoms with Gasteiger partial charge in [0.2, 0.25) is 0 Å². The first kappa shape index (κ1) is 14.5. The van der Waals surface area contributed by atoms with Gasteiger partial charge in [-0.2, -0.15) is 5.10 Å². The van der Waals surface area contributed by atoms with E-state index in [1.165, 1.54) is 11.3 Å². The summed E-state index contributed by atoms with van der Waals surface area (Å²) in [7, 11) is 1.98. The zero-order valence-corrected chi connectivity index (χ0v) is 12.6. The molecule has 0 aliphatic heterocycles. The lowest BCUT2D eigenvalue weighted by molar-refractivity contribution is 0.116. The summed E-state index contributed by atoms with van der Waals surface area (Å²) in [6.07, 6.45) is 6.04. The van der Waals surface area contributed by atoms with Crippen LogP contribution in [0.3, 0.4) is 0 Å². The molecule has 1 aliphatic rings. The maximum atomic E-state index is 9.53. The molecule has 0 radical (unpaired) electrons. The summed E-state index contributed by atoms with van der Waals surface area (Å²) < 4.78 is 1.90. The smallest absolute Gasteiger partial charge is 0.0722 e. The molecule has 0 saturated heterocycles. The summed E-state index contributed by atoms with van der Waals surface area (Å²) in [6, 6.07) is 0.538. The van der Waals surface area contributed by atoms with Crippen molar-refractivity contribution in [3.8, 4) is 0 Å². The Hall–Kier alpha value is -0.870. The third kappa shape index (κ3) is 3.80. The van der Waals surface area contributed by atoms with Crippen LogP contribution in [0, 0.1) is 0 Å². The minimum Gasteiger partial charge on any atom is -0.393 e. The maximum Gasteiger partial charge on any atom is 0.0722 e. The fourth-order valence-electron chi connectivity index (χ4n) is 2.83. The summed E-state index contributed by atoms with van der Waals surface area (Å²) in [4.78, 5) is 0. The standard InChI is InChI=1S/C15H27N3O/c1-15(2,3)14-11(10-18(4)17-14)9-16-12-5-7-13(19)8-6-12/h10,12-13,16,19H,5-9H2,1-4H3. The quantitative estimate of drug-likeness (QED) is 0.880. The van der Waals surface area contributed by atoms with Crippen LogP contribution in [0.15, 0.2) is 6.20 Å². The molecule has 0 amide bonds. The number of hydrogen-bond acceptors (Lipinski definition) is 3. The van der Waals surface area contributed by atoms with E-state index in [-0.39, 0.29) is 11.5 Å². The van der Waals surface area contributed by atoms with Crippen LogP contribution in [0.25, 0.3) is 0 Å². The number of aryl methyl sites for hydroxylation is 1. The highest BCUT2D eigenvalue weighted by molar-refractivity contribution is 5.23. The van der Waals surface area contributed by atoms with Gasteiger partial charge in [0.15, 0.2) is 0 Å². The highest BCUT2D eigenvalue weighted by Gasteiger charge is 2.23. The molecule has 0 spiro atoms. The van der Waals surface area contributed by atoms with E-state index < -0.39 is 0 Å². The molecule has 1 aromatic heterocycles. The van der Waals surface area contributed by atoms with E-state index in [0.717, 1.165) is 32.2 Å². The monoisotopic (exact) mass is 265 g/mol. The molecule has 0 unspecified atom stereocenters. The Bertz CT molecular complexity index is 412. The Morgan fingerprint density at radius 1 is 1.32 bits per heavy atom. The van der Waals surface area contributed by atoms with Crippen molar-refractivity contribution < 1.29 is 5.11 Å². The van der Waals surface area contributed by atoms with Gasteiger partial charge < -0.3 is 10.4 Å². The molecule has 1 heterocycles. The van der Waals surface area contributed by atoms with Crippen molar-refractivity contribution in [1.82, 2.24) is 15.1 Å². The molecular formula is C15H27N3O. The SMILES string of the molecule is Cn1cc(CNC2CCC(O)CC2)c(C(C)(C)C)n1. The van der Waals surface area contributed by atoms with Gasteiger partial charge in [-0.3, -0.25) is 4.68 Å². The molecule has 108 valence electrons. The van der Waals surface area contributed by atoms with Gasteiger partial charge in [0, 0.05) is 36.8 Å². The molecule has 1 fully saturated rings. The highest BCUT2D eigenvalue weighted by Crippen LogP contribution is 2.25. The van der Waals surface area contributed by atoms with Gasteiger partial charge in [-0.1, -0.05) is 20.8 Å². The van der Waals surface area contributed by atoms with E-state index in [1.807, 2.05) is 11.7 Å². The average Bonchev–Trinajstić information content (AvgIpc) is 2.70. The summed E-state index contributed by atoms with van der Waals surface area (Å²) in [6.45, 7) is 7.49. The third-order valence-electron chi connectivity index (χ3n) is 3.89. The number of aliphatic hydroxyl groups excluding tert-OH is 1. The van der Waals surface area contributed by atoms with Crippen LogP contribution in [-0.2, 0) is 19.0 Å². The molecule has 0 aromatic carbocycles. The lowest BCUT2D eigenvalue weighted by Crippen LogP contribution is -2.34. The molecule has 1 aliphatic carbocycles. The largest absolute Gasteiger partial charge is 0.393 e. The first-order valence-corrected chi connectivity index (χ1v) is 7.30. The number of rotatable bonds is 3. The highest BCUT2D eigenvalue weighted by atomic mass is 16.3. The Balaban J connectivity index is 1.96. The summed E-state index contributed by atoms with van der Waals surface area (Å²) in [5.41, 5.74) is 2.56. The fraction of sp³-hybridized carbons (Fsp3) is 0.800. The Kier molecular flexibility index (Phi) is 4.31. The van der Waals surface area contributed by atoms with Crippen LogP contribution in [0.2, 0.25) is 0 Å². The summed E-state index contributed by atoms with van der Waals surface area (Å²) in [5.74, 6) is 0. The molecule has 0 atom stereocenters. The van der Waals surface area contributed by atoms with Crippen molar-refractivity contribution in [2.45, 2.75) is 70.6 Å². The van der Waals surface area contributed by atoms with Gasteiger partial charge in [0.25, 0.3) is 0 Å². The molecule has 2 N–H and O–H groups in total. The number of nitrogens with one attached hydrogen (secondary N) is 1. The van der Waals surface area contributed by atoms with Gasteiger partial charge in [-0.15, -0.1) is 0 Å². The van der Waals surface area contributed by atoms with E-state index in [9.17, 15) is 5.11 Å². The number of nitrogens with zero attached hydrogens (tertiary/aromatic N) is 2. The molecule has 4 nitrogen and oxygen atoms in total. The van der Waals surface area contributed by atoms with Gasteiger partial charge in [-0.05, 0) is 25.7 Å². The van der Waals surface area contributed by atoms with Crippen molar-refractivity contribution in [3.63, 3.8) is 0 Å². The number of hydrogen-bond donors (Lipinski definition) is 2. The molecule has 2 rings (SSSR count). The summed E-state index contributed by atoms with van der Waals surface area (Å²) in [5, 5.41) is 17.7. The molecule has 19 heavy (non-hydrogen) atoms. The van der Waals surface area contributed by atoms with Crippen molar-refractivity contribution in [2.24, 2.45) is 7.05 Å². The predicted molar refractivity (Wildman–Crippen MR) is 77.0 cm³/mol. The van der Waals surface area contributed by atoms with Gasteiger partial charge in [0.1, 0.15) is 0 Å². The van der Waals surface area contributed by atoms with Crippen LogP contribution < -0.4 is 5.32 Å². The lowest BCUT2D eigenvalue weighted by Gasteiger charge is -2.26. The minimum atomic E-state index is -0.0819. The molecule has 4 heteroatoms. The van der Waals surface area contributed by atoms with Crippen molar-refractivity contribution in [1.29, 1.82) is 0 Å². The topological polar surface area (TPSA) is 50.1 Å². The summed E-state index contributed by atoms with van der Waals surface area (Å²) >= 11 is 0. The van der Waals surface area contributed by atoms with Gasteiger partial charge in [0.05, 0.1) is 11.8 Å². The van der Waals surface area contributed by atoms with E-state index in [1.54, 1.807) is 0 Å². The van der Waals surface area contributed by atoms with Crippen LogP contribution in [0.1, 0.15) is 57.7 Å². The lowest BCUT2D eigenvalue weighted by atomic mass is 9.89. The molecule has 1 aromatic rings. The van der Waals surface area contributed by atoms with Gasteiger partial charge in [-0.25, -0.2) is 0 Å². The Labute approximate surface area is 116 Å². The van der Waals surface area contributed by atoms with Crippen LogP contribution in [-0.4, -0.2) is 27.0 Å². The first-order chi connectivity index (χ1) is 8.86. The van der Waals surface area contributed by atoms with Crippen LogP contribution in [0.5, 0.6) is 0 Å². The van der Waals surface area contributed by atoms with E-state index in [2.05, 4.69) is 37.4 Å². The van der Waals surface area contributed by atoms with Gasteiger partial charge >= 0.3 is 0 Å². The van der Waals surface area contributed by atoms with Crippen molar-refractivity contribution in [3.05, 3.63) is 17.5 Å². The van der Waals surface area contributed by atoms with E-state index >= 15 is 0 Å². The second-order valence-corrected chi connectivity index (χ2v) is 6.81. The fourth-order valence-corrected chi connectivity index (χ4v) is 2.83. The Morgan fingerprint density at radius 2 is 1.95 bits per heavy atom. The number of aromatic nitrogens is 2. The average molecular weight is 265 g/mol. The zero-order valence-electron chi connectivity index (χ0n) is 12.6. The predicted octanol–water partition coefficient (Wildman–Crippen LogP) is 2.11. The van der Waals surface area contributed by atoms with E-state index in [4.69, 9.17) is 0 Å². The Morgan fingerprint density at radius 3 is 2.53 bits per heavy atom. The first-order valence-electron chi connectivity index (χ1n) is 7.30.